The van der Waals surface area contributed by atoms with Crippen LogP contribution in [0.4, 0.5) is 0 Å². The second-order valence-corrected chi connectivity index (χ2v) is 5.75. The third-order valence-electron chi connectivity index (χ3n) is 2.97. The fourth-order valence-electron chi connectivity index (χ4n) is 1.73. The van der Waals surface area contributed by atoms with Gasteiger partial charge in [-0.15, -0.1) is 0 Å². The number of ether oxygens (including phenoxy) is 1. The van der Waals surface area contributed by atoms with E-state index >= 15 is 0 Å². The van der Waals surface area contributed by atoms with Crippen molar-refractivity contribution >= 4 is 23.6 Å². The number of carbonyl (C=O) groups is 2. The van der Waals surface area contributed by atoms with Gasteiger partial charge in [-0.1, -0.05) is 0 Å². The average Bonchev–Trinajstić information content (AvgIpc) is 3.03. The van der Waals surface area contributed by atoms with Crippen molar-refractivity contribution in [2.24, 2.45) is 5.41 Å². The molecule has 1 aliphatic rings. The normalized spacial score (nSPS) is 16.3. The van der Waals surface area contributed by atoms with Crippen LogP contribution in [0, 0.1) is 5.41 Å². The molecule has 0 aromatic carbocycles. The van der Waals surface area contributed by atoms with Crippen molar-refractivity contribution in [1.29, 1.82) is 0 Å². The van der Waals surface area contributed by atoms with Gasteiger partial charge >= 0.3 is 5.97 Å². The van der Waals surface area contributed by atoms with Crippen LogP contribution in [0.1, 0.15) is 25.7 Å². The highest BCUT2D eigenvalue weighted by molar-refractivity contribution is 7.99. The first-order chi connectivity index (χ1) is 8.58. The second-order valence-electron chi connectivity index (χ2n) is 4.76. The SMILES string of the molecule is COCCCNC(=O)CSCC1(CC(=O)O)CC1. The van der Waals surface area contributed by atoms with Gasteiger partial charge in [-0.2, -0.15) is 11.8 Å². The van der Waals surface area contributed by atoms with Gasteiger partial charge in [0.25, 0.3) is 0 Å². The van der Waals surface area contributed by atoms with Gasteiger partial charge in [0.05, 0.1) is 12.2 Å². The number of amides is 1. The molecule has 6 heteroatoms. The molecule has 0 aliphatic heterocycles. The van der Waals surface area contributed by atoms with E-state index in [9.17, 15) is 9.59 Å². The van der Waals surface area contributed by atoms with Gasteiger partial charge in [0.15, 0.2) is 0 Å². The Balaban J connectivity index is 2.03. The molecule has 0 atom stereocenters. The van der Waals surface area contributed by atoms with Crippen LogP contribution < -0.4 is 5.32 Å². The van der Waals surface area contributed by atoms with Crippen molar-refractivity contribution in [3.05, 3.63) is 0 Å². The first kappa shape index (κ1) is 15.3. The number of carboxylic acids is 1. The Morgan fingerprint density at radius 2 is 2.17 bits per heavy atom. The number of hydrogen-bond acceptors (Lipinski definition) is 4. The lowest BCUT2D eigenvalue weighted by Crippen LogP contribution is -2.27. The van der Waals surface area contributed by atoms with Crippen molar-refractivity contribution in [2.45, 2.75) is 25.7 Å². The van der Waals surface area contributed by atoms with E-state index in [1.807, 2.05) is 0 Å². The molecule has 0 bridgehead atoms. The molecule has 0 aromatic rings. The largest absolute Gasteiger partial charge is 0.481 e. The van der Waals surface area contributed by atoms with Crippen LogP contribution in [0.5, 0.6) is 0 Å². The van der Waals surface area contributed by atoms with Crippen LogP contribution in [0.3, 0.4) is 0 Å². The molecular weight excluding hydrogens is 254 g/mol. The molecular formula is C12H21NO4S. The molecule has 0 heterocycles. The monoisotopic (exact) mass is 275 g/mol. The topological polar surface area (TPSA) is 75.6 Å². The standard InChI is InChI=1S/C12H21NO4S/c1-17-6-2-5-13-10(14)8-18-9-12(3-4-12)7-11(15)16/h2-9H2,1H3,(H,13,14)(H,15,16). The van der Waals surface area contributed by atoms with Gasteiger partial charge in [0.1, 0.15) is 0 Å². The number of carboxylic acid groups (broad SMARTS) is 1. The summed E-state index contributed by atoms with van der Waals surface area (Å²) in [6.07, 6.45) is 2.99. The first-order valence-corrected chi connectivity index (χ1v) is 7.29. The maximum absolute atomic E-state index is 11.4. The van der Waals surface area contributed by atoms with Gasteiger partial charge in [-0.05, 0) is 30.4 Å². The maximum Gasteiger partial charge on any atom is 0.303 e. The Bertz CT molecular complexity index is 292. The lowest BCUT2D eigenvalue weighted by Gasteiger charge is -2.11. The number of nitrogens with one attached hydrogen (secondary N) is 1. The minimum atomic E-state index is -0.739. The molecule has 18 heavy (non-hydrogen) atoms. The van der Waals surface area contributed by atoms with Gasteiger partial charge in [0, 0.05) is 20.3 Å². The van der Waals surface area contributed by atoms with Crippen LogP contribution in [0.15, 0.2) is 0 Å². The van der Waals surface area contributed by atoms with Crippen molar-refractivity contribution in [1.82, 2.24) is 5.32 Å². The summed E-state index contributed by atoms with van der Waals surface area (Å²) in [6, 6.07) is 0. The smallest absolute Gasteiger partial charge is 0.303 e. The van der Waals surface area contributed by atoms with Crippen molar-refractivity contribution in [3.8, 4) is 0 Å². The molecule has 1 amide bonds. The van der Waals surface area contributed by atoms with Crippen LogP contribution >= 0.6 is 11.8 Å². The van der Waals surface area contributed by atoms with Gasteiger partial charge in [0.2, 0.25) is 5.91 Å². The molecule has 1 rings (SSSR count). The third kappa shape index (κ3) is 6.26. The van der Waals surface area contributed by atoms with E-state index in [-0.39, 0.29) is 17.7 Å². The van der Waals surface area contributed by atoms with E-state index in [0.717, 1.165) is 25.0 Å². The molecule has 0 radical (unpaired) electrons. The van der Waals surface area contributed by atoms with Crippen molar-refractivity contribution in [2.75, 3.05) is 31.8 Å². The first-order valence-electron chi connectivity index (χ1n) is 6.13. The third-order valence-corrected chi connectivity index (χ3v) is 4.25. The molecule has 104 valence electrons. The quantitative estimate of drug-likeness (QED) is 0.584. The zero-order valence-electron chi connectivity index (χ0n) is 10.7. The van der Waals surface area contributed by atoms with E-state index in [2.05, 4.69) is 5.32 Å². The molecule has 0 aromatic heterocycles. The molecule has 0 saturated heterocycles. The number of hydrogen-bond donors (Lipinski definition) is 2. The Morgan fingerprint density at radius 3 is 2.72 bits per heavy atom. The molecule has 0 unspecified atom stereocenters. The van der Waals surface area contributed by atoms with E-state index in [4.69, 9.17) is 9.84 Å². The van der Waals surface area contributed by atoms with Crippen LogP contribution in [-0.2, 0) is 14.3 Å². The number of aliphatic carboxylic acids is 1. The lowest BCUT2D eigenvalue weighted by atomic mass is 10.1. The summed E-state index contributed by atoms with van der Waals surface area (Å²) in [6.45, 7) is 1.28. The number of carbonyl (C=O) groups excluding carboxylic acids is 1. The van der Waals surface area contributed by atoms with E-state index in [1.54, 1.807) is 7.11 Å². The van der Waals surface area contributed by atoms with E-state index < -0.39 is 5.97 Å². The summed E-state index contributed by atoms with van der Waals surface area (Å²) in [5.74, 6) is 0.457. The highest BCUT2D eigenvalue weighted by atomic mass is 32.2. The summed E-state index contributed by atoms with van der Waals surface area (Å²) >= 11 is 1.53. The second kappa shape index (κ2) is 7.63. The van der Waals surface area contributed by atoms with E-state index in [0.29, 0.717) is 18.9 Å². The van der Waals surface area contributed by atoms with Crippen molar-refractivity contribution < 1.29 is 19.4 Å². The predicted octanol–water partition coefficient (Wildman–Crippen LogP) is 1.13. The molecule has 1 aliphatic carbocycles. The van der Waals surface area contributed by atoms with Crippen molar-refractivity contribution in [3.63, 3.8) is 0 Å². The zero-order chi connectivity index (χ0) is 13.4. The van der Waals surface area contributed by atoms with Crippen LogP contribution in [0.25, 0.3) is 0 Å². The molecule has 1 fully saturated rings. The van der Waals surface area contributed by atoms with E-state index in [1.165, 1.54) is 11.8 Å². The Kier molecular flexibility index (Phi) is 6.49. The van der Waals surface area contributed by atoms with Crippen LogP contribution in [-0.4, -0.2) is 48.8 Å². The Hall–Kier alpha value is -0.750. The average molecular weight is 275 g/mol. The number of thioether (sulfide) groups is 1. The molecule has 2 N–H and O–H groups in total. The molecule has 5 nitrogen and oxygen atoms in total. The minimum absolute atomic E-state index is 0.0160. The summed E-state index contributed by atoms with van der Waals surface area (Å²) < 4.78 is 4.88. The van der Waals surface area contributed by atoms with Gasteiger partial charge in [-0.25, -0.2) is 0 Å². The highest BCUT2D eigenvalue weighted by Gasteiger charge is 2.44. The van der Waals surface area contributed by atoms with Gasteiger partial charge in [-0.3, -0.25) is 9.59 Å². The van der Waals surface area contributed by atoms with Crippen LogP contribution in [0.2, 0.25) is 0 Å². The summed E-state index contributed by atoms with van der Waals surface area (Å²) in [4.78, 5) is 22.1. The molecule has 1 saturated carbocycles. The predicted molar refractivity (Wildman–Crippen MR) is 70.7 cm³/mol. The van der Waals surface area contributed by atoms with Gasteiger partial charge < -0.3 is 15.2 Å². The summed E-state index contributed by atoms with van der Waals surface area (Å²) in [5.41, 5.74) is -0.0349. The zero-order valence-corrected chi connectivity index (χ0v) is 11.6. The Labute approximate surface area is 112 Å². The summed E-state index contributed by atoms with van der Waals surface area (Å²) in [7, 11) is 1.63. The highest BCUT2D eigenvalue weighted by Crippen LogP contribution is 2.50. The summed E-state index contributed by atoms with van der Waals surface area (Å²) in [5, 5.41) is 11.6. The molecule has 0 spiro atoms. The maximum atomic E-state index is 11.4. The fourth-order valence-corrected chi connectivity index (χ4v) is 2.94. The number of rotatable bonds is 10. The minimum Gasteiger partial charge on any atom is -0.481 e. The Morgan fingerprint density at radius 1 is 1.44 bits per heavy atom. The number of methoxy groups -OCH3 is 1. The fraction of sp³-hybridized carbons (Fsp3) is 0.833. The lowest BCUT2D eigenvalue weighted by molar-refractivity contribution is -0.138.